The largest absolute Gasteiger partial charge is 0.478 e. The predicted molar refractivity (Wildman–Crippen MR) is 101 cm³/mol. The second-order valence-corrected chi connectivity index (χ2v) is 7.13. The molecule has 1 N–H and O–H groups in total. The molecular formula is C19H27N5O2. The first-order valence-electron chi connectivity index (χ1n) is 9.14. The summed E-state index contributed by atoms with van der Waals surface area (Å²) < 4.78 is 2.28. The number of pyridine rings is 1. The van der Waals surface area contributed by atoms with E-state index < -0.39 is 5.97 Å². The molecule has 0 aromatic carbocycles. The van der Waals surface area contributed by atoms with Crippen LogP contribution in [0.15, 0.2) is 30.7 Å². The van der Waals surface area contributed by atoms with E-state index >= 15 is 0 Å². The molecule has 26 heavy (non-hydrogen) atoms. The van der Waals surface area contributed by atoms with Crippen molar-refractivity contribution in [2.45, 2.75) is 31.7 Å². The van der Waals surface area contributed by atoms with Crippen LogP contribution in [0.2, 0.25) is 0 Å². The van der Waals surface area contributed by atoms with E-state index in [4.69, 9.17) is 5.11 Å². The number of aromatic carboxylic acids is 1. The van der Waals surface area contributed by atoms with Crippen LogP contribution in [-0.4, -0.2) is 64.2 Å². The van der Waals surface area contributed by atoms with Gasteiger partial charge in [0.1, 0.15) is 11.6 Å². The van der Waals surface area contributed by atoms with Crippen LogP contribution in [0.25, 0.3) is 0 Å². The monoisotopic (exact) mass is 357 g/mol. The van der Waals surface area contributed by atoms with Crippen molar-refractivity contribution in [3.63, 3.8) is 0 Å². The van der Waals surface area contributed by atoms with Gasteiger partial charge in [-0.3, -0.25) is 0 Å². The summed E-state index contributed by atoms with van der Waals surface area (Å²) in [6.07, 6.45) is 8.70. The number of carboxylic acid groups (broad SMARTS) is 1. The van der Waals surface area contributed by atoms with Gasteiger partial charge in [0, 0.05) is 44.1 Å². The van der Waals surface area contributed by atoms with Crippen LogP contribution in [0.1, 0.15) is 41.4 Å². The van der Waals surface area contributed by atoms with E-state index in [1.807, 2.05) is 6.20 Å². The Hall–Kier alpha value is -2.41. The molecule has 7 nitrogen and oxygen atoms in total. The Kier molecular flexibility index (Phi) is 5.88. The molecule has 1 aliphatic rings. The Morgan fingerprint density at radius 3 is 2.88 bits per heavy atom. The average Bonchev–Trinajstić information content (AvgIpc) is 3.10. The van der Waals surface area contributed by atoms with Crippen LogP contribution in [0.4, 0.5) is 5.82 Å². The van der Waals surface area contributed by atoms with Crippen LogP contribution in [0.3, 0.4) is 0 Å². The molecule has 1 aliphatic heterocycles. The molecule has 1 atom stereocenters. The zero-order valence-electron chi connectivity index (χ0n) is 15.5. The maximum absolute atomic E-state index is 11.0. The average molecular weight is 357 g/mol. The van der Waals surface area contributed by atoms with Gasteiger partial charge in [-0.1, -0.05) is 0 Å². The highest BCUT2D eigenvalue weighted by molar-refractivity contribution is 5.87. The summed E-state index contributed by atoms with van der Waals surface area (Å²) in [5.41, 5.74) is 0.221. The highest BCUT2D eigenvalue weighted by Crippen LogP contribution is 2.28. The zero-order chi connectivity index (χ0) is 18.5. The van der Waals surface area contributed by atoms with Crippen molar-refractivity contribution in [2.24, 2.45) is 0 Å². The van der Waals surface area contributed by atoms with Crippen LogP contribution < -0.4 is 4.90 Å². The van der Waals surface area contributed by atoms with Crippen LogP contribution in [-0.2, 0) is 6.54 Å². The van der Waals surface area contributed by atoms with Crippen molar-refractivity contribution in [1.82, 2.24) is 19.4 Å². The first-order chi connectivity index (χ1) is 12.5. The number of hydrogen-bond acceptors (Lipinski definition) is 5. The fourth-order valence-electron chi connectivity index (χ4n) is 3.52. The molecule has 2 aromatic rings. The zero-order valence-corrected chi connectivity index (χ0v) is 15.5. The number of anilines is 1. The molecule has 3 rings (SSSR count). The summed E-state index contributed by atoms with van der Waals surface area (Å²) in [4.78, 5) is 24.4. The molecule has 1 saturated heterocycles. The van der Waals surface area contributed by atoms with E-state index in [1.165, 1.54) is 6.20 Å². The fourth-order valence-corrected chi connectivity index (χ4v) is 3.52. The highest BCUT2D eigenvalue weighted by Gasteiger charge is 2.25. The Bertz CT molecular complexity index is 726. The van der Waals surface area contributed by atoms with E-state index in [-0.39, 0.29) is 5.56 Å². The van der Waals surface area contributed by atoms with Gasteiger partial charge in [0.05, 0.1) is 5.56 Å². The second-order valence-electron chi connectivity index (χ2n) is 7.13. The van der Waals surface area contributed by atoms with Gasteiger partial charge in [0.15, 0.2) is 0 Å². The van der Waals surface area contributed by atoms with Crippen molar-refractivity contribution < 1.29 is 9.90 Å². The second kappa shape index (κ2) is 8.31. The Balaban J connectivity index is 1.67. The van der Waals surface area contributed by atoms with Gasteiger partial charge in [0.2, 0.25) is 0 Å². The van der Waals surface area contributed by atoms with Crippen molar-refractivity contribution in [3.05, 3.63) is 42.1 Å². The van der Waals surface area contributed by atoms with E-state index in [0.717, 1.165) is 57.1 Å². The molecule has 0 amide bonds. The summed E-state index contributed by atoms with van der Waals surface area (Å²) in [6.45, 7) is 3.85. The molecule has 0 radical (unpaired) electrons. The normalized spacial score (nSPS) is 17.7. The van der Waals surface area contributed by atoms with Crippen LogP contribution in [0.5, 0.6) is 0 Å². The molecule has 3 heterocycles. The number of aromatic nitrogens is 3. The highest BCUT2D eigenvalue weighted by atomic mass is 16.4. The van der Waals surface area contributed by atoms with Crippen LogP contribution >= 0.6 is 0 Å². The molecule has 1 fully saturated rings. The lowest BCUT2D eigenvalue weighted by molar-refractivity contribution is 0.0696. The summed E-state index contributed by atoms with van der Waals surface area (Å²) in [5.74, 6) is 1.42. The van der Waals surface area contributed by atoms with Crippen LogP contribution in [0, 0.1) is 0 Å². The molecule has 0 spiro atoms. The van der Waals surface area contributed by atoms with Gasteiger partial charge in [-0.05, 0) is 52.0 Å². The number of imidazole rings is 1. The third kappa shape index (κ3) is 4.40. The number of nitrogens with zero attached hydrogens (tertiary/aromatic N) is 5. The quantitative estimate of drug-likeness (QED) is 0.820. The van der Waals surface area contributed by atoms with Gasteiger partial charge in [0.25, 0.3) is 0 Å². The van der Waals surface area contributed by atoms with E-state index in [0.29, 0.717) is 5.92 Å². The van der Waals surface area contributed by atoms with Gasteiger partial charge >= 0.3 is 5.97 Å². The van der Waals surface area contributed by atoms with Gasteiger partial charge in [-0.25, -0.2) is 14.8 Å². The molecule has 140 valence electrons. The smallest absolute Gasteiger partial charge is 0.337 e. The Morgan fingerprint density at radius 1 is 1.35 bits per heavy atom. The summed E-state index contributed by atoms with van der Waals surface area (Å²) in [7, 11) is 4.19. The van der Waals surface area contributed by atoms with E-state index in [1.54, 1.807) is 12.1 Å². The lowest BCUT2D eigenvalue weighted by atomic mass is 9.97. The number of carboxylic acids is 1. The molecule has 0 bridgehead atoms. The number of rotatable bonds is 7. The molecule has 2 aromatic heterocycles. The van der Waals surface area contributed by atoms with Gasteiger partial charge in [-0.15, -0.1) is 0 Å². The lowest BCUT2D eigenvalue weighted by Gasteiger charge is -2.33. The number of piperidine rings is 1. The minimum atomic E-state index is -0.944. The maximum Gasteiger partial charge on any atom is 0.337 e. The van der Waals surface area contributed by atoms with Crippen molar-refractivity contribution in [2.75, 3.05) is 38.6 Å². The lowest BCUT2D eigenvalue weighted by Crippen LogP contribution is -2.36. The summed E-state index contributed by atoms with van der Waals surface area (Å²) >= 11 is 0. The standard InChI is InChI=1S/C19H27N5O2/c1-22(2)9-4-11-23-12-8-20-18(23)16-5-3-10-24(14-16)17-7-6-15(13-21-17)19(25)26/h6-8,12-13,16H,3-5,9-11,14H2,1-2H3,(H,25,26). The fraction of sp³-hybridized carbons (Fsp3) is 0.526. The number of hydrogen-bond donors (Lipinski definition) is 1. The first-order valence-corrected chi connectivity index (χ1v) is 9.14. The minimum Gasteiger partial charge on any atom is -0.478 e. The van der Waals surface area contributed by atoms with E-state index in [9.17, 15) is 4.79 Å². The minimum absolute atomic E-state index is 0.221. The third-order valence-corrected chi connectivity index (χ3v) is 4.86. The molecular weight excluding hydrogens is 330 g/mol. The number of aryl methyl sites for hydroxylation is 1. The van der Waals surface area contributed by atoms with Gasteiger partial charge < -0.3 is 19.5 Å². The SMILES string of the molecule is CN(C)CCCn1ccnc1C1CCCN(c2ccc(C(=O)O)cn2)C1. The van der Waals surface area contributed by atoms with Crippen molar-refractivity contribution in [3.8, 4) is 0 Å². The topological polar surface area (TPSA) is 74.5 Å². The van der Waals surface area contributed by atoms with Crippen molar-refractivity contribution in [1.29, 1.82) is 0 Å². The van der Waals surface area contributed by atoms with Crippen molar-refractivity contribution >= 4 is 11.8 Å². The Morgan fingerprint density at radius 2 is 2.19 bits per heavy atom. The maximum atomic E-state index is 11.0. The molecule has 0 saturated carbocycles. The molecule has 7 heteroatoms. The summed E-state index contributed by atoms with van der Waals surface area (Å²) in [5, 5.41) is 9.02. The third-order valence-electron chi connectivity index (χ3n) is 4.86. The van der Waals surface area contributed by atoms with Gasteiger partial charge in [-0.2, -0.15) is 0 Å². The van der Waals surface area contributed by atoms with E-state index in [2.05, 4.69) is 44.6 Å². The Labute approximate surface area is 154 Å². The predicted octanol–water partition coefficient (Wildman–Crippen LogP) is 2.31. The number of carbonyl (C=O) groups is 1. The first kappa shape index (κ1) is 18.4. The summed E-state index contributed by atoms with van der Waals surface area (Å²) in [6, 6.07) is 3.42. The molecule has 0 aliphatic carbocycles. The molecule has 1 unspecified atom stereocenters.